The molecule has 1 saturated heterocycles. The Kier molecular flexibility index (Phi) is 6.13. The lowest BCUT2D eigenvalue weighted by atomic mass is 10.1. The first-order valence-electron chi connectivity index (χ1n) is 8.87. The summed E-state index contributed by atoms with van der Waals surface area (Å²) in [6.45, 7) is 4.56. The molecule has 0 radical (unpaired) electrons. The largest absolute Gasteiger partial charge is 0.489 e. The number of rotatable bonds is 5. The normalized spacial score (nSPS) is 16.8. The van der Waals surface area contributed by atoms with Crippen LogP contribution in [0.3, 0.4) is 0 Å². The van der Waals surface area contributed by atoms with Crippen molar-refractivity contribution in [2.45, 2.75) is 39.2 Å². The van der Waals surface area contributed by atoms with Gasteiger partial charge in [0.15, 0.2) is 5.69 Å². The summed E-state index contributed by atoms with van der Waals surface area (Å²) in [5.74, 6) is -0.164. The van der Waals surface area contributed by atoms with Gasteiger partial charge in [0.05, 0.1) is 17.5 Å². The van der Waals surface area contributed by atoms with Gasteiger partial charge in [-0.25, -0.2) is 4.98 Å². The van der Waals surface area contributed by atoms with Gasteiger partial charge in [-0.3, -0.25) is 9.59 Å². The van der Waals surface area contributed by atoms with E-state index in [0.717, 1.165) is 25.9 Å². The molecular formula is C19H22ClN3O4. The van der Waals surface area contributed by atoms with Gasteiger partial charge in [-0.1, -0.05) is 11.6 Å². The van der Waals surface area contributed by atoms with Gasteiger partial charge < -0.3 is 19.8 Å². The molecule has 7 nitrogen and oxygen atoms in total. The molecular weight excluding hydrogens is 370 g/mol. The van der Waals surface area contributed by atoms with Gasteiger partial charge in [-0.15, -0.1) is 0 Å². The summed E-state index contributed by atoms with van der Waals surface area (Å²) in [4.78, 5) is 31.3. The predicted molar refractivity (Wildman–Crippen MR) is 103 cm³/mol. The van der Waals surface area contributed by atoms with E-state index in [4.69, 9.17) is 21.1 Å². The molecule has 1 aromatic carbocycles. The zero-order valence-corrected chi connectivity index (χ0v) is 16.1. The van der Waals surface area contributed by atoms with Gasteiger partial charge in [0.2, 0.25) is 0 Å². The second-order valence-electron chi connectivity index (χ2n) is 6.52. The van der Waals surface area contributed by atoms with Crippen LogP contribution in [0, 0.1) is 13.8 Å². The Bertz CT molecular complexity index is 891. The lowest BCUT2D eigenvalue weighted by molar-refractivity contribution is -0.0109. The Hall–Kier alpha value is -2.38. The van der Waals surface area contributed by atoms with Crippen molar-refractivity contribution in [3.8, 4) is 5.75 Å². The van der Waals surface area contributed by atoms with Gasteiger partial charge in [-0.2, -0.15) is 0 Å². The van der Waals surface area contributed by atoms with Crippen LogP contribution >= 0.6 is 11.6 Å². The molecule has 1 atom stereocenters. The number of nitrogens with zero attached hydrogens (tertiary/aromatic N) is 1. The van der Waals surface area contributed by atoms with Crippen LogP contribution in [0.15, 0.2) is 23.0 Å². The molecule has 0 saturated carbocycles. The molecule has 3 rings (SSSR count). The molecule has 1 aliphatic heterocycles. The fourth-order valence-corrected chi connectivity index (χ4v) is 2.98. The summed E-state index contributed by atoms with van der Waals surface area (Å²) in [5.41, 5.74) is 0.825. The third-order valence-electron chi connectivity index (χ3n) is 4.44. The standard InChI is InChI=1S/C19H22ClN3O4/c1-11-12(2)22-18(24)17(21-11)19(25)23-15-9-13(20)6-7-16(15)27-10-14-5-3-4-8-26-14/h6-7,9,14H,3-5,8,10H2,1-2H3,(H,22,24)(H,23,25). The van der Waals surface area contributed by atoms with Crippen LogP contribution in [0.2, 0.25) is 5.02 Å². The first-order chi connectivity index (χ1) is 12.9. The summed E-state index contributed by atoms with van der Waals surface area (Å²) in [6.07, 6.45) is 3.15. The highest BCUT2D eigenvalue weighted by atomic mass is 35.5. The van der Waals surface area contributed by atoms with Gasteiger partial charge in [0.1, 0.15) is 12.4 Å². The summed E-state index contributed by atoms with van der Waals surface area (Å²) in [5, 5.41) is 3.11. The maximum atomic E-state index is 12.6. The Labute approximate surface area is 162 Å². The molecule has 0 aliphatic carbocycles. The number of carbonyl (C=O) groups is 1. The van der Waals surface area contributed by atoms with E-state index in [1.54, 1.807) is 32.0 Å². The minimum atomic E-state index is -0.625. The van der Waals surface area contributed by atoms with Crippen LogP contribution in [0.5, 0.6) is 5.75 Å². The topological polar surface area (TPSA) is 93.3 Å². The number of carbonyl (C=O) groups excluding carboxylic acids is 1. The number of hydrogen-bond acceptors (Lipinski definition) is 5. The summed E-state index contributed by atoms with van der Waals surface area (Å²) < 4.78 is 11.5. The number of ether oxygens (including phenoxy) is 2. The molecule has 1 amide bonds. The SMILES string of the molecule is Cc1nc(C(=O)Nc2cc(Cl)ccc2OCC2CCCCO2)c(=O)[nH]c1C. The highest BCUT2D eigenvalue weighted by Crippen LogP contribution is 2.29. The molecule has 1 aromatic heterocycles. The van der Waals surface area contributed by atoms with E-state index in [1.165, 1.54) is 0 Å². The third kappa shape index (κ3) is 4.87. The van der Waals surface area contributed by atoms with Gasteiger partial charge in [-0.05, 0) is 51.3 Å². The number of anilines is 1. The van der Waals surface area contributed by atoms with E-state index in [1.807, 2.05) is 0 Å². The number of nitrogens with one attached hydrogen (secondary N) is 2. The van der Waals surface area contributed by atoms with Crippen molar-refractivity contribution < 1.29 is 14.3 Å². The third-order valence-corrected chi connectivity index (χ3v) is 4.68. The minimum absolute atomic E-state index is 0.0299. The molecule has 1 aliphatic rings. The van der Waals surface area contributed by atoms with Crippen molar-refractivity contribution in [1.29, 1.82) is 0 Å². The molecule has 2 N–H and O–H groups in total. The van der Waals surface area contributed by atoms with Gasteiger partial charge in [0, 0.05) is 17.3 Å². The van der Waals surface area contributed by atoms with Crippen molar-refractivity contribution in [3.63, 3.8) is 0 Å². The molecule has 2 heterocycles. The molecule has 1 unspecified atom stereocenters. The van der Waals surface area contributed by atoms with Crippen molar-refractivity contribution in [1.82, 2.24) is 9.97 Å². The molecule has 2 aromatic rings. The van der Waals surface area contributed by atoms with Crippen LogP contribution in [-0.2, 0) is 4.74 Å². The fourth-order valence-electron chi connectivity index (χ4n) is 2.81. The average Bonchev–Trinajstić information content (AvgIpc) is 2.65. The van der Waals surface area contributed by atoms with Crippen LogP contribution in [0.1, 0.15) is 41.1 Å². The molecule has 1 fully saturated rings. The number of H-pyrrole nitrogens is 1. The van der Waals surface area contributed by atoms with Crippen molar-refractivity contribution in [3.05, 3.63) is 50.7 Å². The first kappa shape index (κ1) is 19.4. The number of aromatic amines is 1. The van der Waals surface area contributed by atoms with Gasteiger partial charge >= 0.3 is 0 Å². The van der Waals surface area contributed by atoms with Crippen LogP contribution < -0.4 is 15.6 Å². The lowest BCUT2D eigenvalue weighted by Crippen LogP contribution is -2.27. The molecule has 8 heteroatoms. The van der Waals surface area contributed by atoms with E-state index in [9.17, 15) is 9.59 Å². The van der Waals surface area contributed by atoms with Crippen LogP contribution in [0.4, 0.5) is 5.69 Å². The summed E-state index contributed by atoms with van der Waals surface area (Å²) in [6, 6.07) is 4.93. The summed E-state index contributed by atoms with van der Waals surface area (Å²) >= 11 is 6.06. The van der Waals surface area contributed by atoms with E-state index >= 15 is 0 Å². The number of aromatic nitrogens is 2. The number of amides is 1. The van der Waals surface area contributed by atoms with E-state index in [-0.39, 0.29) is 11.8 Å². The average molecular weight is 392 g/mol. The zero-order valence-electron chi connectivity index (χ0n) is 15.3. The first-order valence-corrected chi connectivity index (χ1v) is 9.24. The predicted octanol–water partition coefficient (Wildman–Crippen LogP) is 3.24. The Morgan fingerprint density at radius 2 is 2.22 bits per heavy atom. The molecule has 0 spiro atoms. The smallest absolute Gasteiger partial charge is 0.280 e. The van der Waals surface area contributed by atoms with Gasteiger partial charge in [0.25, 0.3) is 11.5 Å². The lowest BCUT2D eigenvalue weighted by Gasteiger charge is -2.23. The quantitative estimate of drug-likeness (QED) is 0.816. The summed E-state index contributed by atoms with van der Waals surface area (Å²) in [7, 11) is 0. The second-order valence-corrected chi connectivity index (χ2v) is 6.96. The zero-order chi connectivity index (χ0) is 19.4. The Morgan fingerprint density at radius 3 is 2.96 bits per heavy atom. The number of halogens is 1. The highest BCUT2D eigenvalue weighted by molar-refractivity contribution is 6.31. The minimum Gasteiger partial charge on any atom is -0.489 e. The fraction of sp³-hybridized carbons (Fsp3) is 0.421. The van der Waals surface area contributed by atoms with Crippen molar-refractivity contribution >= 4 is 23.2 Å². The van der Waals surface area contributed by atoms with E-state index < -0.39 is 11.5 Å². The van der Waals surface area contributed by atoms with E-state index in [0.29, 0.717) is 34.5 Å². The number of aryl methyl sites for hydroxylation is 2. The number of hydrogen-bond donors (Lipinski definition) is 2. The maximum Gasteiger partial charge on any atom is 0.280 e. The maximum absolute atomic E-state index is 12.6. The Morgan fingerprint density at radius 1 is 1.41 bits per heavy atom. The Balaban J connectivity index is 1.77. The van der Waals surface area contributed by atoms with Crippen molar-refractivity contribution in [2.75, 3.05) is 18.5 Å². The molecule has 27 heavy (non-hydrogen) atoms. The highest BCUT2D eigenvalue weighted by Gasteiger charge is 2.19. The van der Waals surface area contributed by atoms with Crippen LogP contribution in [-0.4, -0.2) is 35.2 Å². The number of benzene rings is 1. The molecule has 144 valence electrons. The second kappa shape index (κ2) is 8.54. The molecule has 0 bridgehead atoms. The van der Waals surface area contributed by atoms with Crippen molar-refractivity contribution in [2.24, 2.45) is 0 Å². The monoisotopic (exact) mass is 391 g/mol. The van der Waals surface area contributed by atoms with E-state index in [2.05, 4.69) is 15.3 Å². The van der Waals surface area contributed by atoms with Crippen LogP contribution in [0.25, 0.3) is 0 Å².